The Hall–Kier alpha value is -0.890. The topological polar surface area (TPSA) is 92.9 Å². The highest BCUT2D eigenvalue weighted by Crippen LogP contribution is 2.40. The van der Waals surface area contributed by atoms with Gasteiger partial charge >= 0.3 is 6.16 Å². The van der Waals surface area contributed by atoms with Crippen molar-refractivity contribution in [1.82, 2.24) is 4.90 Å². The summed E-state index contributed by atoms with van der Waals surface area (Å²) in [6, 6.07) is -0.596. The number of nitrogens with zero attached hydrogens (tertiary/aromatic N) is 1. The van der Waals surface area contributed by atoms with Gasteiger partial charge in [-0.05, 0) is 0 Å². The lowest BCUT2D eigenvalue weighted by molar-refractivity contribution is -0.144. The number of amides is 1. The highest BCUT2D eigenvalue weighted by Gasteiger charge is 2.51. The molecule has 2 unspecified atom stereocenters. The fourth-order valence-corrected chi connectivity index (χ4v) is 3.11. The minimum Gasteiger partial charge on any atom is -0.449 e. The quantitative estimate of drug-likeness (QED) is 0.462. The van der Waals surface area contributed by atoms with Crippen LogP contribution in [0.4, 0.5) is 4.79 Å². The average molecular weight is 327 g/mol. The van der Waals surface area contributed by atoms with Gasteiger partial charge in [-0.3, -0.25) is 9.69 Å². The number of hydrogen-bond donors (Lipinski definition) is 2. The van der Waals surface area contributed by atoms with E-state index in [2.05, 4.69) is 0 Å². The molecular weight excluding hydrogens is 315 g/mol. The van der Waals surface area contributed by atoms with Crippen LogP contribution in [-0.4, -0.2) is 45.1 Å². The molecule has 0 bridgehead atoms. The molecular formula is C10H12Cl2N2O4S. The van der Waals surface area contributed by atoms with E-state index in [0.717, 1.165) is 0 Å². The maximum Gasteiger partial charge on any atom is 0.512 e. The van der Waals surface area contributed by atoms with Crippen LogP contribution in [0.15, 0.2) is 23.6 Å². The molecule has 2 atom stereocenters. The summed E-state index contributed by atoms with van der Waals surface area (Å²) >= 11 is 7.00. The molecule has 1 saturated heterocycles. The number of halogens is 2. The Morgan fingerprint density at radius 1 is 1.68 bits per heavy atom. The molecule has 0 radical (unpaired) electrons. The van der Waals surface area contributed by atoms with Gasteiger partial charge in [-0.1, -0.05) is 12.2 Å². The Morgan fingerprint density at radius 3 is 2.95 bits per heavy atom. The molecule has 0 spiro atoms. The first-order chi connectivity index (χ1) is 8.56. The van der Waals surface area contributed by atoms with Gasteiger partial charge in [0.05, 0.1) is 0 Å². The molecule has 2 rings (SSSR count). The minimum absolute atomic E-state index is 0. The van der Waals surface area contributed by atoms with Crippen LogP contribution < -0.4 is 5.73 Å². The predicted molar refractivity (Wildman–Crippen MR) is 74.3 cm³/mol. The lowest BCUT2D eigenvalue weighted by Crippen LogP contribution is -2.68. The molecule has 3 N–H and O–H groups in total. The van der Waals surface area contributed by atoms with Gasteiger partial charge in [0, 0.05) is 17.2 Å². The number of carbonyl (C=O) groups is 2. The molecule has 106 valence electrons. The first-order valence-electron chi connectivity index (χ1n) is 5.13. The number of carbonyl (C=O) groups excluding carboxylic acids is 1. The van der Waals surface area contributed by atoms with E-state index in [1.807, 2.05) is 0 Å². The highest BCUT2D eigenvalue weighted by molar-refractivity contribution is 8.00. The van der Waals surface area contributed by atoms with E-state index in [-0.39, 0.29) is 29.6 Å². The van der Waals surface area contributed by atoms with E-state index in [1.54, 1.807) is 12.2 Å². The Morgan fingerprint density at radius 2 is 2.37 bits per heavy atom. The molecule has 0 aromatic carbocycles. The summed E-state index contributed by atoms with van der Waals surface area (Å²) in [7, 11) is 0. The number of allylic oxidation sites excluding steroid dienone is 2. The van der Waals surface area contributed by atoms with Crippen molar-refractivity contribution in [2.24, 2.45) is 5.73 Å². The average Bonchev–Trinajstić information content (AvgIpc) is 2.35. The number of nitrogens with two attached hydrogens (primary N) is 1. The summed E-state index contributed by atoms with van der Waals surface area (Å²) in [5, 5.41) is 8.46. The van der Waals surface area contributed by atoms with Gasteiger partial charge in [0.2, 0.25) is 11.8 Å². The number of hydrogen-bond acceptors (Lipinski definition) is 5. The fourth-order valence-electron chi connectivity index (χ4n) is 1.78. The van der Waals surface area contributed by atoms with Crippen molar-refractivity contribution in [3.63, 3.8) is 0 Å². The lowest BCUT2D eigenvalue weighted by Gasteiger charge is -2.47. The van der Waals surface area contributed by atoms with Crippen LogP contribution in [0.1, 0.15) is 0 Å². The summed E-state index contributed by atoms with van der Waals surface area (Å²) in [6.07, 6.45) is 1.86. The Balaban J connectivity index is 0.00000180. The number of ether oxygens (including phenoxy) is 1. The van der Waals surface area contributed by atoms with E-state index >= 15 is 0 Å². The van der Waals surface area contributed by atoms with Gasteiger partial charge < -0.3 is 15.6 Å². The molecule has 0 aromatic heterocycles. The first-order valence-corrected chi connectivity index (χ1v) is 6.71. The predicted octanol–water partition coefficient (Wildman–Crippen LogP) is 1.35. The molecule has 2 aliphatic heterocycles. The van der Waals surface area contributed by atoms with Gasteiger partial charge in [0.1, 0.15) is 11.4 Å². The second-order valence-corrected chi connectivity index (χ2v) is 5.10. The summed E-state index contributed by atoms with van der Waals surface area (Å²) in [4.78, 5) is 23.6. The summed E-state index contributed by atoms with van der Waals surface area (Å²) in [6.45, 7) is 0. The smallest absolute Gasteiger partial charge is 0.449 e. The summed E-state index contributed by atoms with van der Waals surface area (Å²) in [5.74, 6) is 0.531. The first kappa shape index (κ1) is 16.2. The van der Waals surface area contributed by atoms with Crippen molar-refractivity contribution in [2.75, 3.05) is 11.6 Å². The van der Waals surface area contributed by atoms with E-state index in [0.29, 0.717) is 17.2 Å². The Labute approximate surface area is 125 Å². The van der Waals surface area contributed by atoms with Crippen molar-refractivity contribution >= 4 is 47.8 Å². The largest absolute Gasteiger partial charge is 0.512 e. The van der Waals surface area contributed by atoms with Crippen molar-refractivity contribution in [2.45, 2.75) is 11.4 Å². The van der Waals surface area contributed by atoms with Gasteiger partial charge in [-0.2, -0.15) is 0 Å². The summed E-state index contributed by atoms with van der Waals surface area (Å²) < 4.78 is 4.69. The van der Waals surface area contributed by atoms with Gasteiger partial charge in [0.15, 0.2) is 0 Å². The third-order valence-electron chi connectivity index (χ3n) is 2.58. The SMILES string of the molecule is Cl.NC1C(=O)N2C(OC(=O)O)=C(C=CCCl)CSC12. The standard InChI is InChI=1S/C10H11ClN2O4S.ClH/c11-3-1-2-5-4-18-9-6(12)7(14)13(9)8(5)17-10(15)16;/h1-2,6,9H,3-4,12H2,(H,15,16);1H. The minimum atomic E-state index is -1.46. The number of carboxylic acid groups (broad SMARTS) is 1. The zero-order chi connectivity index (χ0) is 13.3. The fraction of sp³-hybridized carbons (Fsp3) is 0.400. The second kappa shape index (κ2) is 6.51. The molecule has 0 aromatic rings. The van der Waals surface area contributed by atoms with E-state index < -0.39 is 12.2 Å². The van der Waals surface area contributed by atoms with Crippen LogP contribution >= 0.6 is 35.8 Å². The molecule has 19 heavy (non-hydrogen) atoms. The molecule has 1 amide bonds. The monoisotopic (exact) mass is 326 g/mol. The number of thioether (sulfide) groups is 1. The molecule has 1 fully saturated rings. The molecule has 6 nitrogen and oxygen atoms in total. The third-order valence-corrected chi connectivity index (χ3v) is 4.08. The molecule has 0 aliphatic carbocycles. The maximum absolute atomic E-state index is 11.6. The van der Waals surface area contributed by atoms with Crippen molar-refractivity contribution in [3.05, 3.63) is 23.6 Å². The number of rotatable bonds is 3. The van der Waals surface area contributed by atoms with Crippen LogP contribution in [-0.2, 0) is 9.53 Å². The van der Waals surface area contributed by atoms with Crippen molar-refractivity contribution in [3.8, 4) is 0 Å². The van der Waals surface area contributed by atoms with Crippen LogP contribution in [0.2, 0.25) is 0 Å². The Bertz CT molecular complexity index is 455. The van der Waals surface area contributed by atoms with Crippen LogP contribution in [0.5, 0.6) is 0 Å². The number of alkyl halides is 1. The lowest BCUT2D eigenvalue weighted by atomic mass is 10.1. The van der Waals surface area contributed by atoms with E-state index in [9.17, 15) is 9.59 Å². The van der Waals surface area contributed by atoms with Gasteiger partial charge in [-0.15, -0.1) is 35.8 Å². The van der Waals surface area contributed by atoms with Crippen molar-refractivity contribution < 1.29 is 19.4 Å². The number of fused-ring (bicyclic) bond motifs is 1. The third kappa shape index (κ3) is 3.00. The van der Waals surface area contributed by atoms with Crippen molar-refractivity contribution in [1.29, 1.82) is 0 Å². The zero-order valence-electron chi connectivity index (χ0n) is 9.61. The molecule has 9 heteroatoms. The van der Waals surface area contributed by atoms with Crippen LogP contribution in [0.3, 0.4) is 0 Å². The molecule has 2 aliphatic rings. The highest BCUT2D eigenvalue weighted by atomic mass is 35.5. The van der Waals surface area contributed by atoms with E-state index in [1.165, 1.54) is 16.7 Å². The zero-order valence-corrected chi connectivity index (χ0v) is 12.0. The van der Waals surface area contributed by atoms with Gasteiger partial charge in [-0.25, -0.2) is 4.79 Å². The second-order valence-electron chi connectivity index (χ2n) is 3.69. The molecule has 2 heterocycles. The van der Waals surface area contributed by atoms with Crippen LogP contribution in [0, 0.1) is 0 Å². The Kier molecular flexibility index (Phi) is 5.54. The molecule has 0 saturated carbocycles. The summed E-state index contributed by atoms with van der Waals surface area (Å²) in [5.41, 5.74) is 6.25. The maximum atomic E-state index is 11.6. The normalized spacial score (nSPS) is 25.8. The van der Waals surface area contributed by atoms with Crippen LogP contribution in [0.25, 0.3) is 0 Å². The van der Waals surface area contributed by atoms with Gasteiger partial charge in [0.25, 0.3) is 0 Å². The van der Waals surface area contributed by atoms with E-state index in [4.69, 9.17) is 27.2 Å². The number of β-lactam (4-membered cyclic amide) rings is 1.